The van der Waals surface area contributed by atoms with Crippen molar-refractivity contribution >= 4 is 17.5 Å². The third-order valence-electron chi connectivity index (χ3n) is 3.80. The molecule has 19 heavy (non-hydrogen) atoms. The number of aromatic nitrogens is 2. The summed E-state index contributed by atoms with van der Waals surface area (Å²) < 4.78 is 0. The minimum atomic E-state index is -0.0558. The lowest BCUT2D eigenvalue weighted by atomic mass is 10.1. The average molecular weight is 253 g/mol. The molecule has 5 heteroatoms. The van der Waals surface area contributed by atoms with Crippen molar-refractivity contribution in [3.05, 3.63) is 36.5 Å². The summed E-state index contributed by atoms with van der Waals surface area (Å²) in [5.41, 5.74) is 2.55. The first-order valence-electron chi connectivity index (χ1n) is 6.23. The molecule has 2 atom stereocenters. The number of carbonyl (C=O) groups is 2. The zero-order valence-electron chi connectivity index (χ0n) is 10.0. The monoisotopic (exact) mass is 253 g/mol. The molecule has 2 aromatic rings. The van der Waals surface area contributed by atoms with Gasteiger partial charge in [0.2, 0.25) is 11.8 Å². The molecule has 1 N–H and O–H groups in total. The summed E-state index contributed by atoms with van der Waals surface area (Å²) in [6.45, 7) is 0. The summed E-state index contributed by atoms with van der Waals surface area (Å²) in [4.78, 5) is 25.2. The molecule has 1 aliphatic carbocycles. The molecule has 1 saturated heterocycles. The Kier molecular flexibility index (Phi) is 1.95. The Labute approximate surface area is 109 Å². The summed E-state index contributed by atoms with van der Waals surface area (Å²) in [5.74, 6) is -0.215. The lowest BCUT2D eigenvalue weighted by Crippen LogP contribution is -2.32. The Morgan fingerprint density at radius 3 is 2.32 bits per heavy atom. The van der Waals surface area contributed by atoms with Crippen LogP contribution in [0.1, 0.15) is 6.42 Å². The van der Waals surface area contributed by atoms with E-state index in [2.05, 4.69) is 10.2 Å². The Morgan fingerprint density at radius 2 is 1.74 bits per heavy atom. The van der Waals surface area contributed by atoms with Crippen molar-refractivity contribution in [2.75, 3.05) is 4.90 Å². The second-order valence-corrected chi connectivity index (χ2v) is 4.98. The smallest absolute Gasteiger partial charge is 0.237 e. The fourth-order valence-corrected chi connectivity index (χ4v) is 2.64. The SMILES string of the molecule is O=C1C2CC2C(=O)N1c1ccc(-c2ccn[nH]2)cc1. The number of hydrogen-bond donors (Lipinski definition) is 1. The van der Waals surface area contributed by atoms with E-state index in [1.54, 1.807) is 18.3 Å². The van der Waals surface area contributed by atoms with Crippen LogP contribution in [-0.2, 0) is 9.59 Å². The molecule has 94 valence electrons. The zero-order valence-corrected chi connectivity index (χ0v) is 10.0. The van der Waals surface area contributed by atoms with Crippen molar-refractivity contribution < 1.29 is 9.59 Å². The van der Waals surface area contributed by atoms with Gasteiger partial charge >= 0.3 is 0 Å². The highest BCUT2D eigenvalue weighted by molar-refractivity contribution is 6.24. The van der Waals surface area contributed by atoms with Gasteiger partial charge in [-0.3, -0.25) is 19.6 Å². The van der Waals surface area contributed by atoms with Crippen molar-refractivity contribution in [3.8, 4) is 11.3 Å². The number of nitrogens with zero attached hydrogens (tertiary/aromatic N) is 2. The predicted molar refractivity (Wildman–Crippen MR) is 68.1 cm³/mol. The molecule has 1 aromatic carbocycles. The molecule has 2 aliphatic rings. The molecule has 2 unspecified atom stereocenters. The van der Waals surface area contributed by atoms with E-state index in [1.165, 1.54) is 4.90 Å². The van der Waals surface area contributed by atoms with E-state index in [0.29, 0.717) is 5.69 Å². The topological polar surface area (TPSA) is 66.1 Å². The first-order chi connectivity index (χ1) is 9.25. The predicted octanol–water partition coefficient (Wildman–Crippen LogP) is 1.59. The van der Waals surface area contributed by atoms with Gasteiger partial charge in [0.05, 0.1) is 23.2 Å². The van der Waals surface area contributed by atoms with E-state index in [4.69, 9.17) is 0 Å². The Balaban J connectivity index is 1.66. The number of imide groups is 1. The van der Waals surface area contributed by atoms with E-state index >= 15 is 0 Å². The van der Waals surface area contributed by atoms with Crippen LogP contribution in [0.3, 0.4) is 0 Å². The number of nitrogens with one attached hydrogen (secondary N) is 1. The summed E-state index contributed by atoms with van der Waals surface area (Å²) >= 11 is 0. The highest BCUT2D eigenvalue weighted by Gasteiger charge is 2.59. The Bertz CT molecular complexity index is 641. The van der Waals surface area contributed by atoms with Crippen molar-refractivity contribution in [1.82, 2.24) is 10.2 Å². The fraction of sp³-hybridized carbons (Fsp3) is 0.214. The number of rotatable bonds is 2. The van der Waals surface area contributed by atoms with Crippen LogP contribution in [0.4, 0.5) is 5.69 Å². The Hall–Kier alpha value is -2.43. The molecule has 2 amide bonds. The highest BCUT2D eigenvalue weighted by atomic mass is 16.2. The molecule has 0 radical (unpaired) electrons. The Morgan fingerprint density at radius 1 is 1.05 bits per heavy atom. The first-order valence-corrected chi connectivity index (χ1v) is 6.23. The third kappa shape index (κ3) is 1.44. The summed E-state index contributed by atoms with van der Waals surface area (Å²) in [7, 11) is 0. The maximum atomic E-state index is 12.0. The van der Waals surface area contributed by atoms with Crippen LogP contribution in [0.5, 0.6) is 0 Å². The minimum Gasteiger partial charge on any atom is -0.278 e. The van der Waals surface area contributed by atoms with Crippen molar-refractivity contribution in [2.24, 2.45) is 11.8 Å². The molecule has 1 aliphatic heterocycles. The number of anilines is 1. The molecule has 5 nitrogen and oxygen atoms in total. The first kappa shape index (κ1) is 10.5. The van der Waals surface area contributed by atoms with Crippen LogP contribution >= 0.6 is 0 Å². The maximum Gasteiger partial charge on any atom is 0.237 e. The van der Waals surface area contributed by atoms with Crippen molar-refractivity contribution in [3.63, 3.8) is 0 Å². The van der Waals surface area contributed by atoms with Crippen LogP contribution in [-0.4, -0.2) is 22.0 Å². The molecule has 0 bridgehead atoms. The van der Waals surface area contributed by atoms with E-state index in [1.807, 2.05) is 18.2 Å². The van der Waals surface area contributed by atoms with Gasteiger partial charge in [-0.15, -0.1) is 0 Å². The molecule has 1 aromatic heterocycles. The van der Waals surface area contributed by atoms with Gasteiger partial charge in [0.15, 0.2) is 0 Å². The normalized spacial score (nSPS) is 24.7. The molecular formula is C14H11N3O2. The van der Waals surface area contributed by atoms with Gasteiger partial charge in [0.25, 0.3) is 0 Å². The number of piperidine rings is 1. The largest absolute Gasteiger partial charge is 0.278 e. The molecule has 2 heterocycles. The van der Waals surface area contributed by atoms with Gasteiger partial charge in [-0.05, 0) is 30.2 Å². The lowest BCUT2D eigenvalue weighted by molar-refractivity contribution is -0.123. The highest BCUT2D eigenvalue weighted by Crippen LogP contribution is 2.48. The number of carbonyl (C=O) groups excluding carboxylic acids is 2. The molecule has 1 saturated carbocycles. The second-order valence-electron chi connectivity index (χ2n) is 4.98. The van der Waals surface area contributed by atoms with E-state index < -0.39 is 0 Å². The van der Waals surface area contributed by atoms with E-state index in [0.717, 1.165) is 17.7 Å². The van der Waals surface area contributed by atoms with E-state index in [9.17, 15) is 9.59 Å². The van der Waals surface area contributed by atoms with Gasteiger partial charge in [0.1, 0.15) is 0 Å². The number of aromatic amines is 1. The third-order valence-corrected chi connectivity index (χ3v) is 3.80. The summed E-state index contributed by atoms with van der Waals surface area (Å²) in [5, 5.41) is 6.77. The van der Waals surface area contributed by atoms with Gasteiger partial charge in [-0.2, -0.15) is 5.10 Å². The number of benzene rings is 1. The standard InChI is InChI=1S/C14H11N3O2/c18-13-10-7-11(10)14(19)17(13)9-3-1-8(2-4-9)12-5-6-15-16-12/h1-6,10-11H,7H2,(H,15,16). The van der Waals surface area contributed by atoms with Gasteiger partial charge in [-0.25, -0.2) is 0 Å². The molecule has 0 spiro atoms. The number of amides is 2. The zero-order chi connectivity index (χ0) is 13.0. The van der Waals surface area contributed by atoms with Gasteiger partial charge < -0.3 is 0 Å². The lowest BCUT2D eigenvalue weighted by Gasteiger charge is -2.16. The minimum absolute atomic E-state index is 0.0516. The van der Waals surface area contributed by atoms with Gasteiger partial charge in [0, 0.05) is 6.20 Å². The molecule has 4 rings (SSSR count). The van der Waals surface area contributed by atoms with Crippen molar-refractivity contribution in [2.45, 2.75) is 6.42 Å². The van der Waals surface area contributed by atoms with Gasteiger partial charge in [-0.1, -0.05) is 12.1 Å². The second kappa shape index (κ2) is 3.54. The van der Waals surface area contributed by atoms with Crippen LogP contribution < -0.4 is 4.90 Å². The molecule has 2 fully saturated rings. The quantitative estimate of drug-likeness (QED) is 0.826. The van der Waals surface area contributed by atoms with Crippen LogP contribution in [0.15, 0.2) is 36.5 Å². The van der Waals surface area contributed by atoms with E-state index in [-0.39, 0.29) is 23.7 Å². The number of fused-ring (bicyclic) bond motifs is 1. The number of hydrogen-bond acceptors (Lipinski definition) is 3. The summed E-state index contributed by atoms with van der Waals surface area (Å²) in [6, 6.07) is 9.24. The average Bonchev–Trinajstić information content (AvgIpc) is 2.97. The fourth-order valence-electron chi connectivity index (χ4n) is 2.64. The summed E-state index contributed by atoms with van der Waals surface area (Å²) in [6.07, 6.45) is 2.42. The van der Waals surface area contributed by atoms with Crippen LogP contribution in [0.2, 0.25) is 0 Å². The number of H-pyrrole nitrogens is 1. The van der Waals surface area contributed by atoms with Crippen LogP contribution in [0.25, 0.3) is 11.3 Å². The van der Waals surface area contributed by atoms with Crippen molar-refractivity contribution in [1.29, 1.82) is 0 Å². The van der Waals surface area contributed by atoms with Crippen LogP contribution in [0, 0.1) is 11.8 Å². The molecular weight excluding hydrogens is 242 g/mol. The maximum absolute atomic E-state index is 12.0.